The van der Waals surface area contributed by atoms with Crippen LogP contribution in [0.5, 0.6) is 5.75 Å². The van der Waals surface area contributed by atoms with Crippen molar-refractivity contribution in [2.45, 2.75) is 81.5 Å². The molecule has 2 heterocycles. The van der Waals surface area contributed by atoms with E-state index in [1.165, 1.54) is 11.1 Å². The summed E-state index contributed by atoms with van der Waals surface area (Å²) in [5, 5.41) is 0.0918. The predicted molar refractivity (Wildman–Crippen MR) is 188 cm³/mol. The lowest BCUT2D eigenvalue weighted by molar-refractivity contribution is -0.0309. The van der Waals surface area contributed by atoms with Gasteiger partial charge in [-0.3, -0.25) is 4.79 Å². The summed E-state index contributed by atoms with van der Waals surface area (Å²) in [5.41, 5.74) is 3.48. The molecule has 6 atom stereocenters. The normalized spacial score (nSPS) is 32.2. The van der Waals surface area contributed by atoms with Crippen LogP contribution in [-0.4, -0.2) is 65.7 Å². The van der Waals surface area contributed by atoms with Crippen molar-refractivity contribution in [3.05, 3.63) is 70.3 Å². The number of aryl methyl sites for hydroxylation is 1. The average Bonchev–Trinajstić information content (AvgIpc) is 3.88. The first kappa shape index (κ1) is 33.9. The number of hydrogen-bond donors (Lipinski definition) is 1. The summed E-state index contributed by atoms with van der Waals surface area (Å²) >= 11 is 6.45. The molecule has 2 aliphatic heterocycles. The van der Waals surface area contributed by atoms with E-state index in [2.05, 4.69) is 33.9 Å². The van der Waals surface area contributed by atoms with Crippen LogP contribution in [0.2, 0.25) is 5.02 Å². The zero-order valence-corrected chi connectivity index (χ0v) is 29.7. The second kappa shape index (κ2) is 14.0. The van der Waals surface area contributed by atoms with Gasteiger partial charge in [-0.2, -0.15) is 0 Å². The van der Waals surface area contributed by atoms with E-state index in [1.54, 1.807) is 13.2 Å². The number of hydrogen-bond acceptors (Lipinski definition) is 7. The molecule has 7 rings (SSSR count). The molecule has 260 valence electrons. The molecule has 1 N–H and O–H groups in total. The number of halogens is 1. The summed E-state index contributed by atoms with van der Waals surface area (Å²) < 4.78 is 48.7. The number of methoxy groups -OCH3 is 1. The van der Waals surface area contributed by atoms with Gasteiger partial charge in [-0.15, -0.1) is 0 Å². The Hall–Kier alpha value is -2.59. The quantitative estimate of drug-likeness (QED) is 0.266. The molecule has 0 unspecified atom stereocenters. The van der Waals surface area contributed by atoms with E-state index < -0.39 is 21.2 Å². The van der Waals surface area contributed by atoms with Crippen molar-refractivity contribution in [3.8, 4) is 5.75 Å². The van der Waals surface area contributed by atoms with Crippen molar-refractivity contribution in [2.75, 3.05) is 44.9 Å². The van der Waals surface area contributed by atoms with Gasteiger partial charge in [-0.25, -0.2) is 13.1 Å². The summed E-state index contributed by atoms with van der Waals surface area (Å²) in [6.45, 7) is 5.04. The summed E-state index contributed by atoms with van der Waals surface area (Å²) in [6.07, 6.45) is 12.6. The van der Waals surface area contributed by atoms with Crippen LogP contribution in [-0.2, 0) is 31.3 Å². The van der Waals surface area contributed by atoms with Crippen LogP contribution in [0.15, 0.2) is 48.6 Å². The Morgan fingerprint density at radius 1 is 1.10 bits per heavy atom. The zero-order chi connectivity index (χ0) is 33.5. The highest BCUT2D eigenvalue weighted by atomic mass is 35.5. The molecule has 5 aliphatic rings. The highest BCUT2D eigenvalue weighted by Crippen LogP contribution is 2.47. The maximum Gasteiger partial charge on any atom is 0.264 e. The topological polar surface area (TPSA) is 94.2 Å². The molecular weight excluding hydrogens is 648 g/mol. The molecule has 2 saturated carbocycles. The number of ether oxygens (including phenoxy) is 3. The fourth-order valence-electron chi connectivity index (χ4n) is 8.57. The number of nitrogens with zero attached hydrogens (tertiary/aromatic N) is 1. The third-order valence-corrected chi connectivity index (χ3v) is 13.8. The molecule has 8 nitrogen and oxygen atoms in total. The van der Waals surface area contributed by atoms with Gasteiger partial charge < -0.3 is 19.1 Å². The van der Waals surface area contributed by atoms with Gasteiger partial charge in [-0.05, 0) is 110 Å². The van der Waals surface area contributed by atoms with Crippen molar-refractivity contribution in [3.63, 3.8) is 0 Å². The van der Waals surface area contributed by atoms with Gasteiger partial charge in [0.2, 0.25) is 10.0 Å². The molecule has 0 aromatic heterocycles. The Morgan fingerprint density at radius 2 is 1.96 bits per heavy atom. The largest absolute Gasteiger partial charge is 0.490 e. The lowest BCUT2D eigenvalue weighted by Crippen LogP contribution is -2.49. The minimum Gasteiger partial charge on any atom is -0.490 e. The third-order valence-electron chi connectivity index (χ3n) is 11.6. The predicted octanol–water partition coefficient (Wildman–Crippen LogP) is 6.70. The first-order valence-corrected chi connectivity index (χ1v) is 19.7. The fourth-order valence-corrected chi connectivity index (χ4v) is 10.5. The molecule has 2 bridgehead atoms. The van der Waals surface area contributed by atoms with Gasteiger partial charge in [-0.1, -0.05) is 49.6 Å². The van der Waals surface area contributed by atoms with Gasteiger partial charge >= 0.3 is 0 Å². The Morgan fingerprint density at radius 3 is 2.73 bits per heavy atom. The smallest absolute Gasteiger partial charge is 0.264 e. The average molecular weight is 697 g/mol. The number of nitrogens with one attached hydrogen (secondary N) is 1. The molecule has 0 saturated heterocycles. The molecule has 48 heavy (non-hydrogen) atoms. The van der Waals surface area contributed by atoms with Crippen LogP contribution < -0.4 is 14.4 Å². The van der Waals surface area contributed by atoms with Gasteiger partial charge in [0.1, 0.15) is 5.75 Å². The number of carbonyl (C=O) groups is 1. The van der Waals surface area contributed by atoms with Crippen molar-refractivity contribution in [1.29, 1.82) is 0 Å². The maximum absolute atomic E-state index is 13.9. The molecule has 0 radical (unpaired) electrons. The van der Waals surface area contributed by atoms with Crippen LogP contribution in [0.3, 0.4) is 0 Å². The molecular formula is C38H49ClN2O6S. The standard InChI is InChI=1S/C38H49ClN2O6S/c1-25-5-3-7-34(46-18-17-45-2)31-13-10-29(31)22-41-23-38(16-4-6-27-20-30(39)12-14-32(27)38)24-47-35-15-11-28(21-33(35)41)37(42)40-48(43,44)36(25)19-26-8-9-26/h3,7,11-12,14-15,20-21,25-26,29,31,34,36H,4-6,8-10,13,16-19,22-24H2,1-2H3,(H,40,42)/b7-3-/t25-,29-,31+,34-,36-,38-/m0/s1. The van der Waals surface area contributed by atoms with Gasteiger partial charge in [0.15, 0.2) is 0 Å². The monoisotopic (exact) mass is 696 g/mol. The number of carbonyl (C=O) groups excluding carboxylic acids is 1. The molecule has 2 aromatic carbocycles. The van der Waals surface area contributed by atoms with Crippen LogP contribution in [0.4, 0.5) is 5.69 Å². The van der Waals surface area contributed by atoms with Crippen LogP contribution in [0.1, 0.15) is 79.8 Å². The van der Waals surface area contributed by atoms with E-state index in [1.807, 2.05) is 25.1 Å². The molecule has 1 spiro atoms. The SMILES string of the molecule is COCCO[C@H]1/C=C\C[C@H](C)[C@H](CC2CC2)S(=O)(=O)NC(=O)c2ccc3c(c2)N(C[C@@H]2CC[C@H]21)C[C@@]1(CCCc2cc(Cl)ccc21)CO3. The summed E-state index contributed by atoms with van der Waals surface area (Å²) in [7, 11) is -2.24. The number of amides is 1. The maximum atomic E-state index is 13.9. The Labute approximate surface area is 290 Å². The summed E-state index contributed by atoms with van der Waals surface area (Å²) in [5.74, 6) is 1.07. The van der Waals surface area contributed by atoms with E-state index in [4.69, 9.17) is 25.8 Å². The summed E-state index contributed by atoms with van der Waals surface area (Å²) in [6, 6.07) is 11.6. The van der Waals surface area contributed by atoms with Crippen molar-refractivity contribution < 1.29 is 27.4 Å². The van der Waals surface area contributed by atoms with Crippen LogP contribution >= 0.6 is 11.6 Å². The van der Waals surface area contributed by atoms with Crippen molar-refractivity contribution >= 4 is 33.2 Å². The molecule has 1 amide bonds. The third kappa shape index (κ3) is 7.03. The van der Waals surface area contributed by atoms with E-state index in [9.17, 15) is 13.2 Å². The van der Waals surface area contributed by atoms with E-state index in [0.29, 0.717) is 56.0 Å². The molecule has 3 aliphatic carbocycles. The number of benzene rings is 2. The first-order chi connectivity index (χ1) is 23.2. The number of rotatable bonds is 6. The zero-order valence-electron chi connectivity index (χ0n) is 28.2. The minimum absolute atomic E-state index is 0.0854. The van der Waals surface area contributed by atoms with Crippen molar-refractivity contribution in [2.24, 2.45) is 23.7 Å². The fraction of sp³-hybridized carbons (Fsp3) is 0.605. The highest BCUT2D eigenvalue weighted by Gasteiger charge is 2.45. The lowest BCUT2D eigenvalue weighted by Gasteiger charge is -2.46. The van der Waals surface area contributed by atoms with Gasteiger partial charge in [0.25, 0.3) is 5.91 Å². The highest BCUT2D eigenvalue weighted by molar-refractivity contribution is 7.90. The number of allylic oxidation sites excluding steroid dienone is 1. The molecule has 2 fully saturated rings. The van der Waals surface area contributed by atoms with E-state index in [0.717, 1.165) is 74.5 Å². The lowest BCUT2D eigenvalue weighted by atomic mass is 9.68. The summed E-state index contributed by atoms with van der Waals surface area (Å²) in [4.78, 5) is 16.1. The Bertz CT molecular complexity index is 1640. The number of fused-ring (bicyclic) bond motifs is 4. The molecule has 2 aromatic rings. The van der Waals surface area contributed by atoms with Crippen molar-refractivity contribution in [1.82, 2.24) is 4.72 Å². The number of anilines is 1. The Kier molecular flexibility index (Phi) is 9.86. The molecule has 10 heteroatoms. The second-order valence-corrected chi connectivity index (χ2v) is 17.3. The van der Waals surface area contributed by atoms with Gasteiger partial charge in [0, 0.05) is 36.2 Å². The number of sulfonamides is 1. The Balaban J connectivity index is 1.28. The van der Waals surface area contributed by atoms with Gasteiger partial charge in [0.05, 0.1) is 36.9 Å². The first-order valence-electron chi connectivity index (χ1n) is 17.8. The minimum atomic E-state index is -3.93. The van der Waals surface area contributed by atoms with E-state index in [-0.39, 0.29) is 17.4 Å². The van der Waals surface area contributed by atoms with Crippen LogP contribution in [0.25, 0.3) is 0 Å². The van der Waals surface area contributed by atoms with Crippen LogP contribution in [0, 0.1) is 23.7 Å². The second-order valence-electron chi connectivity index (χ2n) is 15.0. The van der Waals surface area contributed by atoms with E-state index >= 15 is 0 Å².